The maximum atomic E-state index is 5.89. The summed E-state index contributed by atoms with van der Waals surface area (Å²) in [5.41, 5.74) is 8.63. The number of pyridine rings is 1. The number of imidazole rings is 1. The number of aromatic nitrogens is 5. The van der Waals surface area contributed by atoms with Crippen molar-refractivity contribution < 1.29 is 4.42 Å². The van der Waals surface area contributed by atoms with Crippen molar-refractivity contribution in [3.63, 3.8) is 0 Å². The summed E-state index contributed by atoms with van der Waals surface area (Å²) in [7, 11) is 0. The van der Waals surface area contributed by atoms with Crippen LogP contribution in [0.25, 0.3) is 28.4 Å². The van der Waals surface area contributed by atoms with Crippen LogP contribution in [0.4, 0.5) is 5.95 Å². The molecule has 4 aromatic rings. The van der Waals surface area contributed by atoms with Crippen LogP contribution in [0.2, 0.25) is 0 Å². The number of hydrogen-bond donors (Lipinski definition) is 1. The molecule has 4 aromatic heterocycles. The Bertz CT molecular complexity index is 1000. The summed E-state index contributed by atoms with van der Waals surface area (Å²) in [5.74, 6) is 2.27. The van der Waals surface area contributed by atoms with Crippen LogP contribution < -0.4 is 5.73 Å². The fourth-order valence-corrected chi connectivity index (χ4v) is 2.60. The Morgan fingerprint density at radius 2 is 1.87 bits per heavy atom. The third-order valence-electron chi connectivity index (χ3n) is 3.55. The van der Waals surface area contributed by atoms with Crippen molar-refractivity contribution in [2.24, 2.45) is 0 Å². The van der Waals surface area contributed by atoms with Gasteiger partial charge in [0, 0.05) is 5.69 Å². The van der Waals surface area contributed by atoms with Crippen molar-refractivity contribution in [3.8, 4) is 17.3 Å². The molecule has 2 N–H and O–H groups in total. The van der Waals surface area contributed by atoms with Gasteiger partial charge in [-0.05, 0) is 38.1 Å². The summed E-state index contributed by atoms with van der Waals surface area (Å²) in [6, 6.07) is 9.41. The normalized spacial score (nSPS) is 11.2. The minimum absolute atomic E-state index is 0.165. The maximum Gasteiger partial charge on any atom is 0.222 e. The third-order valence-corrected chi connectivity index (χ3v) is 3.55. The molecule has 0 fully saturated rings. The zero-order chi connectivity index (χ0) is 16.0. The van der Waals surface area contributed by atoms with E-state index in [-0.39, 0.29) is 5.95 Å². The van der Waals surface area contributed by atoms with Crippen LogP contribution in [0.5, 0.6) is 0 Å². The van der Waals surface area contributed by atoms with Gasteiger partial charge in [-0.1, -0.05) is 6.07 Å². The van der Waals surface area contributed by atoms with Crippen molar-refractivity contribution in [1.82, 2.24) is 24.5 Å². The lowest BCUT2D eigenvalue weighted by atomic mass is 10.3. The van der Waals surface area contributed by atoms with E-state index >= 15 is 0 Å². The van der Waals surface area contributed by atoms with Gasteiger partial charge in [-0.25, -0.2) is 15.0 Å². The summed E-state index contributed by atoms with van der Waals surface area (Å²) in [6.07, 6.45) is 1.59. The van der Waals surface area contributed by atoms with E-state index in [1.165, 1.54) is 0 Å². The van der Waals surface area contributed by atoms with Crippen molar-refractivity contribution >= 4 is 17.1 Å². The van der Waals surface area contributed by atoms with Gasteiger partial charge < -0.3 is 10.2 Å². The minimum Gasteiger partial charge on any atom is -0.463 e. The van der Waals surface area contributed by atoms with Crippen molar-refractivity contribution in [2.45, 2.75) is 13.8 Å². The number of nitrogens with zero attached hydrogens (tertiary/aromatic N) is 5. The number of nitrogen functional groups attached to an aromatic ring is 1. The first kappa shape index (κ1) is 13.4. The summed E-state index contributed by atoms with van der Waals surface area (Å²) in [5, 5.41) is 0. The lowest BCUT2D eigenvalue weighted by Gasteiger charge is -2.06. The highest BCUT2D eigenvalue weighted by Crippen LogP contribution is 2.28. The van der Waals surface area contributed by atoms with Gasteiger partial charge >= 0.3 is 0 Å². The molecule has 0 bridgehead atoms. The Morgan fingerprint density at radius 3 is 2.61 bits per heavy atom. The van der Waals surface area contributed by atoms with Crippen LogP contribution in [0.3, 0.4) is 0 Å². The van der Waals surface area contributed by atoms with Crippen LogP contribution in [-0.2, 0) is 0 Å². The minimum atomic E-state index is 0.165. The third kappa shape index (κ3) is 2.13. The molecule has 0 aliphatic rings. The van der Waals surface area contributed by atoms with E-state index in [9.17, 15) is 0 Å². The molecule has 0 spiro atoms. The molecular weight excluding hydrogens is 292 g/mol. The fourth-order valence-electron chi connectivity index (χ4n) is 2.60. The molecule has 0 atom stereocenters. The lowest BCUT2D eigenvalue weighted by molar-refractivity contribution is 0.580. The summed E-state index contributed by atoms with van der Waals surface area (Å²) >= 11 is 0. The van der Waals surface area contributed by atoms with Crippen molar-refractivity contribution in [3.05, 3.63) is 48.1 Å². The summed E-state index contributed by atoms with van der Waals surface area (Å²) in [6.45, 7) is 3.84. The number of aryl methyl sites for hydroxylation is 2. The Labute approximate surface area is 131 Å². The molecular formula is C16H14N6O. The number of nitrogens with two attached hydrogens (primary N) is 1. The van der Waals surface area contributed by atoms with Crippen LogP contribution in [-0.4, -0.2) is 24.5 Å². The van der Waals surface area contributed by atoms with Gasteiger partial charge in [0.1, 0.15) is 22.9 Å². The van der Waals surface area contributed by atoms with Gasteiger partial charge in [-0.2, -0.15) is 4.98 Å². The maximum absolute atomic E-state index is 5.89. The van der Waals surface area contributed by atoms with E-state index in [2.05, 4.69) is 19.9 Å². The van der Waals surface area contributed by atoms with E-state index in [1.54, 1.807) is 12.3 Å². The second-order valence-corrected chi connectivity index (χ2v) is 5.21. The molecule has 0 aromatic carbocycles. The van der Waals surface area contributed by atoms with E-state index in [0.717, 1.165) is 17.3 Å². The molecule has 0 amide bonds. The number of anilines is 1. The number of hydrogen-bond acceptors (Lipinski definition) is 6. The molecule has 0 aliphatic carbocycles. The van der Waals surface area contributed by atoms with Crippen LogP contribution in [0.1, 0.15) is 11.5 Å². The van der Waals surface area contributed by atoms with Crippen LogP contribution in [0.15, 0.2) is 41.0 Å². The predicted octanol–water partition coefficient (Wildman–Crippen LogP) is 2.67. The second kappa shape index (κ2) is 4.91. The number of rotatable bonds is 2. The topological polar surface area (TPSA) is 95.7 Å². The highest BCUT2D eigenvalue weighted by Gasteiger charge is 2.19. The van der Waals surface area contributed by atoms with Gasteiger partial charge in [0.05, 0.1) is 6.26 Å². The van der Waals surface area contributed by atoms with E-state index < -0.39 is 0 Å². The smallest absolute Gasteiger partial charge is 0.222 e. The van der Waals surface area contributed by atoms with E-state index in [1.807, 2.05) is 42.7 Å². The summed E-state index contributed by atoms with van der Waals surface area (Å²) < 4.78 is 7.31. The number of fused-ring (bicyclic) bond motifs is 1. The molecule has 7 heteroatoms. The largest absolute Gasteiger partial charge is 0.463 e. The Kier molecular flexibility index (Phi) is 2.87. The second-order valence-electron chi connectivity index (χ2n) is 5.21. The average Bonchev–Trinajstić information content (AvgIpc) is 3.13. The molecule has 23 heavy (non-hydrogen) atoms. The molecule has 0 radical (unpaired) electrons. The van der Waals surface area contributed by atoms with Gasteiger partial charge in [0.25, 0.3) is 0 Å². The molecule has 0 aliphatic heterocycles. The van der Waals surface area contributed by atoms with Gasteiger partial charge in [-0.15, -0.1) is 0 Å². The van der Waals surface area contributed by atoms with Gasteiger partial charge in [0.15, 0.2) is 11.4 Å². The van der Waals surface area contributed by atoms with Crippen molar-refractivity contribution in [1.29, 1.82) is 0 Å². The Morgan fingerprint density at radius 1 is 1.00 bits per heavy atom. The average molecular weight is 306 g/mol. The lowest BCUT2D eigenvalue weighted by Crippen LogP contribution is -2.04. The SMILES string of the molecule is Cc1cccc(-n2c(C)nc3c(-c4ccco4)nc(N)nc32)n1. The standard InChI is InChI=1S/C16H14N6O/c1-9-5-3-7-12(18-9)22-10(2)19-14-13(11-6-4-8-23-11)20-16(17)21-15(14)22/h3-8H,1-2H3,(H2,17,20,21). The molecule has 0 unspecified atom stereocenters. The molecule has 4 rings (SSSR count). The van der Waals surface area contributed by atoms with Crippen LogP contribution >= 0.6 is 0 Å². The zero-order valence-corrected chi connectivity index (χ0v) is 12.7. The van der Waals surface area contributed by atoms with Gasteiger partial charge in [0.2, 0.25) is 5.95 Å². The first-order valence-corrected chi connectivity index (χ1v) is 7.14. The monoisotopic (exact) mass is 306 g/mol. The van der Waals surface area contributed by atoms with Crippen molar-refractivity contribution in [2.75, 3.05) is 5.73 Å². The predicted molar refractivity (Wildman–Crippen MR) is 86.0 cm³/mol. The highest BCUT2D eigenvalue weighted by atomic mass is 16.3. The van der Waals surface area contributed by atoms with E-state index in [0.29, 0.717) is 22.6 Å². The molecule has 0 saturated heterocycles. The summed E-state index contributed by atoms with van der Waals surface area (Å²) in [4.78, 5) is 17.8. The molecule has 114 valence electrons. The molecule has 0 saturated carbocycles. The highest BCUT2D eigenvalue weighted by molar-refractivity contribution is 5.88. The first-order chi connectivity index (χ1) is 11.1. The first-order valence-electron chi connectivity index (χ1n) is 7.14. The molecule has 4 heterocycles. The fraction of sp³-hybridized carbons (Fsp3) is 0.125. The van der Waals surface area contributed by atoms with E-state index in [4.69, 9.17) is 10.2 Å². The molecule has 7 nitrogen and oxygen atoms in total. The quantitative estimate of drug-likeness (QED) is 0.611. The number of furan rings is 1. The van der Waals surface area contributed by atoms with Gasteiger partial charge in [-0.3, -0.25) is 4.57 Å². The zero-order valence-electron chi connectivity index (χ0n) is 12.7. The Balaban J connectivity index is 2.06. The van der Waals surface area contributed by atoms with Crippen LogP contribution in [0, 0.1) is 13.8 Å². The Hall–Kier alpha value is -3.22.